The minimum Gasteiger partial charge on any atom is -0.457 e. The summed E-state index contributed by atoms with van der Waals surface area (Å²) in [6.45, 7) is 9.90. The Morgan fingerprint density at radius 1 is 1.25 bits per heavy atom. The molecule has 3 rings (SSSR count). The molecule has 2 N–H and O–H groups in total. The van der Waals surface area contributed by atoms with E-state index in [1.807, 2.05) is 39.2 Å². The molecular weight excluding hydrogens is 474 g/mol. The van der Waals surface area contributed by atoms with Crippen molar-refractivity contribution in [2.75, 3.05) is 0 Å². The van der Waals surface area contributed by atoms with Gasteiger partial charge in [0.15, 0.2) is 0 Å². The first-order chi connectivity index (χ1) is 17.1. The van der Waals surface area contributed by atoms with Crippen LogP contribution in [0.15, 0.2) is 22.6 Å². The zero-order valence-electron chi connectivity index (χ0n) is 22.5. The van der Waals surface area contributed by atoms with Crippen LogP contribution in [0.2, 0.25) is 0 Å². The van der Waals surface area contributed by atoms with E-state index in [0.717, 1.165) is 42.0 Å². The predicted molar refractivity (Wildman–Crippen MR) is 143 cm³/mol. The fraction of sp³-hybridized carbons (Fsp3) is 0.690. The molecule has 2 heterocycles. The molecule has 0 saturated heterocycles. The average molecular weight is 518 g/mol. The van der Waals surface area contributed by atoms with Gasteiger partial charge in [0.2, 0.25) is 0 Å². The summed E-state index contributed by atoms with van der Waals surface area (Å²) in [6, 6.07) is 0. The summed E-state index contributed by atoms with van der Waals surface area (Å²) in [5.74, 6) is -1.15. The Morgan fingerprint density at radius 2 is 1.97 bits per heavy atom. The van der Waals surface area contributed by atoms with Gasteiger partial charge in [0, 0.05) is 17.7 Å². The molecule has 1 aromatic rings. The van der Waals surface area contributed by atoms with Crippen LogP contribution in [0.25, 0.3) is 6.08 Å². The Labute approximate surface area is 219 Å². The Bertz CT molecular complexity index is 976. The van der Waals surface area contributed by atoms with Gasteiger partial charge in [-0.15, -0.1) is 11.3 Å². The third kappa shape index (κ3) is 6.73. The zero-order chi connectivity index (χ0) is 26.5. The first-order valence-electron chi connectivity index (χ1n) is 13.4. The Morgan fingerprint density at radius 3 is 2.56 bits per heavy atom. The average Bonchev–Trinajstić information content (AvgIpc) is 3.19. The first kappa shape index (κ1) is 28.7. The number of rotatable bonds is 3. The maximum absolute atomic E-state index is 13.7. The van der Waals surface area contributed by atoms with Crippen LogP contribution >= 0.6 is 11.3 Å². The van der Waals surface area contributed by atoms with Crippen LogP contribution in [-0.2, 0) is 14.3 Å². The number of hydrogen-bond acceptors (Lipinski definition) is 7. The first-order valence-corrected chi connectivity index (χ1v) is 14.3. The van der Waals surface area contributed by atoms with Crippen LogP contribution in [0.4, 0.5) is 0 Å². The maximum Gasteiger partial charge on any atom is 0.309 e. The van der Waals surface area contributed by atoms with E-state index in [-0.39, 0.29) is 18.1 Å². The summed E-state index contributed by atoms with van der Waals surface area (Å²) in [4.78, 5) is 31.2. The van der Waals surface area contributed by atoms with Crippen molar-refractivity contribution in [2.24, 2.45) is 17.3 Å². The topological polar surface area (TPSA) is 96.7 Å². The number of cyclic esters (lactones) is 1. The normalized spacial score (nSPS) is 32.5. The molecule has 1 fully saturated rings. The number of aromatic nitrogens is 1. The third-order valence-corrected chi connectivity index (χ3v) is 9.00. The van der Waals surface area contributed by atoms with Crippen molar-refractivity contribution in [3.05, 3.63) is 33.3 Å². The second kappa shape index (κ2) is 12.6. The minimum absolute atomic E-state index is 0.0154. The fourth-order valence-electron chi connectivity index (χ4n) is 5.59. The molecule has 1 aromatic heterocycles. The number of ether oxygens (including phenoxy) is 1. The molecule has 0 unspecified atom stereocenters. The highest BCUT2D eigenvalue weighted by Crippen LogP contribution is 2.48. The highest BCUT2D eigenvalue weighted by Gasteiger charge is 2.53. The van der Waals surface area contributed by atoms with Crippen molar-refractivity contribution in [3.8, 4) is 0 Å². The molecule has 36 heavy (non-hydrogen) atoms. The lowest BCUT2D eigenvalue weighted by Gasteiger charge is -2.46. The van der Waals surface area contributed by atoms with E-state index in [0.29, 0.717) is 25.7 Å². The summed E-state index contributed by atoms with van der Waals surface area (Å²) in [5.41, 5.74) is 1.98. The van der Waals surface area contributed by atoms with Gasteiger partial charge in [-0.05, 0) is 76.9 Å². The van der Waals surface area contributed by atoms with Crippen LogP contribution in [0.3, 0.4) is 0 Å². The van der Waals surface area contributed by atoms with Gasteiger partial charge in [0.1, 0.15) is 11.9 Å². The van der Waals surface area contributed by atoms with E-state index in [1.165, 1.54) is 5.57 Å². The number of thiazole rings is 1. The molecule has 1 spiro atoms. The molecule has 0 bridgehead atoms. The van der Waals surface area contributed by atoms with E-state index in [9.17, 15) is 19.8 Å². The second-order valence-electron chi connectivity index (χ2n) is 10.9. The van der Waals surface area contributed by atoms with Crippen molar-refractivity contribution < 1.29 is 24.5 Å². The number of aryl methyl sites for hydroxylation is 1. The maximum atomic E-state index is 13.7. The number of allylic oxidation sites excluding steroid dienone is 1. The number of hydrogen-bond donors (Lipinski definition) is 2. The lowest BCUT2D eigenvalue weighted by atomic mass is 9.58. The SMILES string of the molecule is CC[C@@H]1C(=O)C2(CCC2)[C@@H](O)CC(=O)O[C@@H](/C(C)=C/c2csc(C)n2)C/C=C(/C)CCC[C@H](C)[C@H]1O. The quantitative estimate of drug-likeness (QED) is 0.388. The van der Waals surface area contributed by atoms with E-state index in [2.05, 4.69) is 18.0 Å². The number of ketones is 1. The molecule has 0 aromatic carbocycles. The standard InChI is InChI=1S/C29H43NO5S/c1-6-23-27(33)19(3)10-7-9-18(2)11-12-24(20(4)15-22-17-36-21(5)30-22)35-26(32)16-25(31)29(28(23)34)13-8-14-29/h11,15,17,19,23-25,27,31,33H,6-10,12-14,16H2,1-5H3/b18-11-,20-15+/t19-,23-,24+,25-,27+/m0/s1. The molecule has 5 atom stereocenters. The molecule has 7 heteroatoms. The van der Waals surface area contributed by atoms with Crippen molar-refractivity contribution in [2.45, 2.75) is 111 Å². The van der Waals surface area contributed by atoms with Gasteiger partial charge in [-0.1, -0.05) is 31.9 Å². The summed E-state index contributed by atoms with van der Waals surface area (Å²) >= 11 is 1.57. The van der Waals surface area contributed by atoms with Crippen LogP contribution in [0, 0.1) is 24.2 Å². The molecule has 0 amide bonds. The fourth-order valence-corrected chi connectivity index (χ4v) is 6.16. The van der Waals surface area contributed by atoms with Gasteiger partial charge in [-0.2, -0.15) is 0 Å². The lowest BCUT2D eigenvalue weighted by molar-refractivity contribution is -0.162. The zero-order valence-corrected chi connectivity index (χ0v) is 23.3. The van der Waals surface area contributed by atoms with Crippen LogP contribution in [0.1, 0.15) is 96.2 Å². The van der Waals surface area contributed by atoms with E-state index < -0.39 is 35.6 Å². The minimum atomic E-state index is -1.11. The number of aliphatic hydroxyl groups is 2. The molecule has 200 valence electrons. The van der Waals surface area contributed by atoms with Gasteiger partial charge >= 0.3 is 5.97 Å². The van der Waals surface area contributed by atoms with Crippen LogP contribution < -0.4 is 0 Å². The Balaban J connectivity index is 1.89. The van der Waals surface area contributed by atoms with Gasteiger partial charge in [0.05, 0.1) is 34.7 Å². The second-order valence-corrected chi connectivity index (χ2v) is 12.0. The number of Topliss-reactive ketones (excluding diaryl/α,β-unsaturated/α-hetero) is 1. The Hall–Kier alpha value is -1.83. The van der Waals surface area contributed by atoms with E-state index >= 15 is 0 Å². The van der Waals surface area contributed by atoms with Crippen LogP contribution in [0.5, 0.6) is 0 Å². The highest BCUT2D eigenvalue weighted by atomic mass is 32.1. The summed E-state index contributed by atoms with van der Waals surface area (Å²) in [7, 11) is 0. The summed E-state index contributed by atoms with van der Waals surface area (Å²) < 4.78 is 5.90. The molecule has 0 radical (unpaired) electrons. The van der Waals surface area contributed by atoms with Gasteiger partial charge < -0.3 is 14.9 Å². The molecule has 1 aliphatic heterocycles. The molecule has 1 saturated carbocycles. The monoisotopic (exact) mass is 517 g/mol. The molecule has 6 nitrogen and oxygen atoms in total. The summed E-state index contributed by atoms with van der Waals surface area (Å²) in [6.07, 6.45) is 7.13. The van der Waals surface area contributed by atoms with Gasteiger partial charge in [-0.3, -0.25) is 9.59 Å². The largest absolute Gasteiger partial charge is 0.457 e. The smallest absolute Gasteiger partial charge is 0.309 e. The van der Waals surface area contributed by atoms with Crippen molar-refractivity contribution in [1.29, 1.82) is 0 Å². The van der Waals surface area contributed by atoms with E-state index in [4.69, 9.17) is 4.74 Å². The molecule has 1 aliphatic carbocycles. The van der Waals surface area contributed by atoms with Gasteiger partial charge in [0.25, 0.3) is 0 Å². The Kier molecular flexibility index (Phi) is 10.1. The predicted octanol–water partition coefficient (Wildman–Crippen LogP) is 5.80. The van der Waals surface area contributed by atoms with Crippen molar-refractivity contribution >= 4 is 29.2 Å². The molecular formula is C29H43NO5S. The van der Waals surface area contributed by atoms with Gasteiger partial charge in [-0.25, -0.2) is 4.98 Å². The van der Waals surface area contributed by atoms with Crippen molar-refractivity contribution in [1.82, 2.24) is 4.98 Å². The van der Waals surface area contributed by atoms with Crippen LogP contribution in [-0.4, -0.2) is 45.3 Å². The third-order valence-electron chi connectivity index (χ3n) is 8.21. The number of aliphatic hydroxyl groups excluding tert-OH is 2. The number of carbonyl (C=O) groups is 2. The number of carbonyl (C=O) groups excluding carboxylic acids is 2. The van der Waals surface area contributed by atoms with E-state index in [1.54, 1.807) is 11.3 Å². The molecule has 2 aliphatic rings. The highest BCUT2D eigenvalue weighted by molar-refractivity contribution is 7.09. The lowest BCUT2D eigenvalue weighted by Crippen LogP contribution is -2.53. The number of esters is 1. The van der Waals surface area contributed by atoms with Crippen molar-refractivity contribution in [3.63, 3.8) is 0 Å². The summed E-state index contributed by atoms with van der Waals surface area (Å²) in [5, 5.41) is 25.2. The number of nitrogens with zero attached hydrogens (tertiary/aromatic N) is 1.